The van der Waals surface area contributed by atoms with Crippen LogP contribution in [0.2, 0.25) is 0 Å². The van der Waals surface area contributed by atoms with Crippen LogP contribution in [-0.2, 0) is 10.3 Å². The Morgan fingerprint density at radius 1 is 1.16 bits per heavy atom. The second kappa shape index (κ2) is 7.33. The van der Waals surface area contributed by atoms with E-state index in [-0.39, 0.29) is 6.61 Å². The Morgan fingerprint density at radius 3 is 2.37 bits per heavy atom. The Morgan fingerprint density at radius 2 is 1.84 bits per heavy atom. The molecule has 19 heavy (non-hydrogen) atoms. The maximum atomic E-state index is 10.7. The van der Waals surface area contributed by atoms with E-state index in [1.54, 1.807) is 33.5 Å². The molecule has 1 aromatic carbocycles. The van der Waals surface area contributed by atoms with Gasteiger partial charge in [0.05, 0.1) is 20.8 Å². The molecule has 0 amide bonds. The van der Waals surface area contributed by atoms with E-state index >= 15 is 0 Å². The van der Waals surface area contributed by atoms with Crippen molar-refractivity contribution in [3.05, 3.63) is 23.8 Å². The van der Waals surface area contributed by atoms with Gasteiger partial charge in [0.25, 0.3) is 0 Å². The summed E-state index contributed by atoms with van der Waals surface area (Å²) in [6.45, 7) is 0.738. The summed E-state index contributed by atoms with van der Waals surface area (Å²) in [6.07, 6.45) is 1.25. The van der Waals surface area contributed by atoms with Gasteiger partial charge < -0.3 is 25.1 Å². The van der Waals surface area contributed by atoms with Gasteiger partial charge in [0.1, 0.15) is 5.60 Å². The second-order valence-electron chi connectivity index (χ2n) is 4.43. The minimum absolute atomic E-state index is 0.211. The van der Waals surface area contributed by atoms with Crippen LogP contribution in [0.4, 0.5) is 0 Å². The van der Waals surface area contributed by atoms with Crippen molar-refractivity contribution in [1.82, 2.24) is 0 Å². The van der Waals surface area contributed by atoms with Crippen LogP contribution in [0, 0.1) is 0 Å². The van der Waals surface area contributed by atoms with Crippen molar-refractivity contribution in [3.63, 3.8) is 0 Å². The van der Waals surface area contributed by atoms with E-state index in [1.165, 1.54) is 0 Å². The van der Waals surface area contributed by atoms with Gasteiger partial charge in [-0.1, -0.05) is 6.07 Å². The Balaban J connectivity index is 3.08. The Bertz CT molecular complexity index is 397. The van der Waals surface area contributed by atoms with Crippen molar-refractivity contribution in [3.8, 4) is 11.5 Å². The smallest absolute Gasteiger partial charge is 0.161 e. The topological polar surface area (TPSA) is 73.9 Å². The number of rotatable bonds is 8. The SMILES string of the molecule is COCC(O)(CCCN)c1ccc(OC)c(OC)c1. The summed E-state index contributed by atoms with van der Waals surface area (Å²) in [5.74, 6) is 1.21. The first-order valence-corrected chi connectivity index (χ1v) is 6.25. The molecule has 0 aliphatic heterocycles. The molecule has 1 atom stereocenters. The predicted molar refractivity (Wildman–Crippen MR) is 73.6 cm³/mol. The number of methoxy groups -OCH3 is 3. The molecule has 1 unspecified atom stereocenters. The third kappa shape index (κ3) is 3.83. The zero-order valence-electron chi connectivity index (χ0n) is 11.8. The van der Waals surface area contributed by atoms with Crippen LogP contribution in [0.25, 0.3) is 0 Å². The van der Waals surface area contributed by atoms with Crippen molar-refractivity contribution in [2.75, 3.05) is 34.5 Å². The quantitative estimate of drug-likeness (QED) is 0.743. The molecule has 0 saturated heterocycles. The van der Waals surface area contributed by atoms with Gasteiger partial charge in [-0.15, -0.1) is 0 Å². The molecule has 0 aliphatic carbocycles. The van der Waals surface area contributed by atoms with Crippen LogP contribution in [0.3, 0.4) is 0 Å². The zero-order valence-corrected chi connectivity index (χ0v) is 11.8. The Labute approximate surface area is 114 Å². The van der Waals surface area contributed by atoms with Gasteiger partial charge in [-0.05, 0) is 37.1 Å². The molecule has 0 heterocycles. The van der Waals surface area contributed by atoms with E-state index in [1.807, 2.05) is 6.07 Å². The molecule has 0 spiro atoms. The fourth-order valence-corrected chi connectivity index (χ4v) is 2.06. The van der Waals surface area contributed by atoms with Gasteiger partial charge in [0.2, 0.25) is 0 Å². The zero-order chi connectivity index (χ0) is 14.3. The van der Waals surface area contributed by atoms with Gasteiger partial charge in [0.15, 0.2) is 11.5 Å². The van der Waals surface area contributed by atoms with Crippen LogP contribution < -0.4 is 15.2 Å². The molecule has 108 valence electrons. The van der Waals surface area contributed by atoms with Gasteiger partial charge in [-0.3, -0.25) is 0 Å². The molecule has 0 saturated carbocycles. The van der Waals surface area contributed by atoms with Crippen LogP contribution >= 0.6 is 0 Å². The molecule has 1 aromatic rings. The lowest BCUT2D eigenvalue weighted by atomic mass is 9.89. The number of ether oxygens (including phenoxy) is 3. The fraction of sp³-hybridized carbons (Fsp3) is 0.571. The molecule has 5 nitrogen and oxygen atoms in total. The molecular formula is C14H23NO4. The van der Waals surface area contributed by atoms with Crippen molar-refractivity contribution < 1.29 is 19.3 Å². The van der Waals surface area contributed by atoms with E-state index in [2.05, 4.69) is 0 Å². The lowest BCUT2D eigenvalue weighted by Crippen LogP contribution is -2.32. The maximum absolute atomic E-state index is 10.7. The van der Waals surface area contributed by atoms with Crippen LogP contribution in [-0.4, -0.2) is 39.6 Å². The third-order valence-corrected chi connectivity index (χ3v) is 3.10. The Hall–Kier alpha value is -1.30. The highest BCUT2D eigenvalue weighted by molar-refractivity contribution is 5.44. The molecule has 0 fully saturated rings. The van der Waals surface area contributed by atoms with Gasteiger partial charge in [0, 0.05) is 7.11 Å². The van der Waals surface area contributed by atoms with Crippen molar-refractivity contribution in [1.29, 1.82) is 0 Å². The van der Waals surface area contributed by atoms with Crippen molar-refractivity contribution in [2.45, 2.75) is 18.4 Å². The number of hydrogen-bond acceptors (Lipinski definition) is 5. The first kappa shape index (κ1) is 15.8. The lowest BCUT2D eigenvalue weighted by Gasteiger charge is -2.28. The fourth-order valence-electron chi connectivity index (χ4n) is 2.06. The molecule has 3 N–H and O–H groups in total. The molecule has 0 radical (unpaired) electrons. The van der Waals surface area contributed by atoms with Crippen molar-refractivity contribution in [2.24, 2.45) is 5.73 Å². The third-order valence-electron chi connectivity index (χ3n) is 3.10. The van der Waals surface area contributed by atoms with E-state index in [9.17, 15) is 5.11 Å². The van der Waals surface area contributed by atoms with Gasteiger partial charge >= 0.3 is 0 Å². The lowest BCUT2D eigenvalue weighted by molar-refractivity contribution is -0.0431. The largest absolute Gasteiger partial charge is 0.493 e. The van der Waals surface area contributed by atoms with Crippen LogP contribution in [0.15, 0.2) is 18.2 Å². The summed E-state index contributed by atoms with van der Waals surface area (Å²) >= 11 is 0. The van der Waals surface area contributed by atoms with Crippen LogP contribution in [0.1, 0.15) is 18.4 Å². The highest BCUT2D eigenvalue weighted by Crippen LogP contribution is 2.34. The minimum atomic E-state index is -1.06. The number of nitrogens with two attached hydrogens (primary N) is 1. The summed E-state index contributed by atoms with van der Waals surface area (Å²) in [7, 11) is 4.71. The monoisotopic (exact) mass is 269 g/mol. The first-order valence-electron chi connectivity index (χ1n) is 6.25. The number of hydrogen-bond donors (Lipinski definition) is 2. The number of benzene rings is 1. The molecule has 1 rings (SSSR count). The average Bonchev–Trinajstić information content (AvgIpc) is 2.44. The standard InChI is InChI=1S/C14H23NO4/c1-17-10-14(16,7-4-8-15)11-5-6-12(18-2)13(9-11)19-3/h5-6,9,16H,4,7-8,10,15H2,1-3H3. The van der Waals surface area contributed by atoms with Gasteiger partial charge in [-0.25, -0.2) is 0 Å². The first-order chi connectivity index (χ1) is 9.11. The van der Waals surface area contributed by atoms with E-state index in [4.69, 9.17) is 19.9 Å². The molecule has 5 heteroatoms. The highest BCUT2D eigenvalue weighted by Gasteiger charge is 2.29. The summed E-state index contributed by atoms with van der Waals surface area (Å²) in [5.41, 5.74) is 5.19. The Kier molecular flexibility index (Phi) is 6.08. The minimum Gasteiger partial charge on any atom is -0.493 e. The molecule has 0 aliphatic rings. The van der Waals surface area contributed by atoms with Gasteiger partial charge in [-0.2, -0.15) is 0 Å². The van der Waals surface area contributed by atoms with Crippen LogP contribution in [0.5, 0.6) is 11.5 Å². The second-order valence-corrected chi connectivity index (χ2v) is 4.43. The molecule has 0 bridgehead atoms. The van der Waals surface area contributed by atoms with E-state index < -0.39 is 5.60 Å². The predicted octanol–water partition coefficient (Wildman–Crippen LogP) is 1.28. The van der Waals surface area contributed by atoms with E-state index in [0.29, 0.717) is 30.9 Å². The summed E-state index contributed by atoms with van der Waals surface area (Å²) in [5, 5.41) is 10.7. The summed E-state index contributed by atoms with van der Waals surface area (Å²) < 4.78 is 15.6. The number of aliphatic hydroxyl groups is 1. The normalized spacial score (nSPS) is 13.9. The summed E-state index contributed by atoms with van der Waals surface area (Å²) in [6, 6.07) is 5.36. The molecular weight excluding hydrogens is 246 g/mol. The molecule has 0 aromatic heterocycles. The van der Waals surface area contributed by atoms with Crippen molar-refractivity contribution >= 4 is 0 Å². The summed E-state index contributed by atoms with van der Waals surface area (Å²) in [4.78, 5) is 0. The maximum Gasteiger partial charge on any atom is 0.161 e. The average molecular weight is 269 g/mol. The van der Waals surface area contributed by atoms with E-state index in [0.717, 1.165) is 5.56 Å². The highest BCUT2D eigenvalue weighted by atomic mass is 16.5.